The molecule has 1 aliphatic heterocycles. The van der Waals surface area contributed by atoms with Gasteiger partial charge in [-0.25, -0.2) is 4.39 Å². The molecule has 2 aliphatic rings. The van der Waals surface area contributed by atoms with E-state index in [2.05, 4.69) is 5.10 Å². The number of hydrogen-bond donors (Lipinski definition) is 0. The zero-order valence-electron chi connectivity index (χ0n) is 14.1. The normalized spacial score (nSPS) is 21.5. The molecule has 2 aromatic carbocycles. The van der Waals surface area contributed by atoms with Crippen LogP contribution in [0.1, 0.15) is 38.6 Å². The summed E-state index contributed by atoms with van der Waals surface area (Å²) >= 11 is 0. The summed E-state index contributed by atoms with van der Waals surface area (Å²) in [7, 11) is 1.77. The molecule has 1 aliphatic carbocycles. The summed E-state index contributed by atoms with van der Waals surface area (Å²) in [4.78, 5) is 26.4. The smallest absolute Gasteiger partial charge is 0.261 e. The Hall–Kier alpha value is -3.02. The van der Waals surface area contributed by atoms with Crippen LogP contribution in [-0.4, -0.2) is 33.0 Å². The van der Waals surface area contributed by atoms with Crippen molar-refractivity contribution in [1.82, 2.24) is 14.7 Å². The molecule has 0 radical (unpaired) electrons. The molecule has 0 saturated heterocycles. The van der Waals surface area contributed by atoms with Gasteiger partial charge in [0.1, 0.15) is 5.52 Å². The maximum absolute atomic E-state index is 14.0. The quantitative estimate of drug-likeness (QED) is 0.683. The van der Waals surface area contributed by atoms with Crippen LogP contribution in [0.2, 0.25) is 0 Å². The molecule has 1 saturated carbocycles. The molecule has 0 N–H and O–H groups in total. The van der Waals surface area contributed by atoms with Crippen LogP contribution in [0.15, 0.2) is 42.6 Å². The van der Waals surface area contributed by atoms with Crippen LogP contribution in [0, 0.1) is 11.7 Å². The van der Waals surface area contributed by atoms with Gasteiger partial charge in [-0.05, 0) is 42.0 Å². The zero-order chi connectivity index (χ0) is 18.0. The van der Waals surface area contributed by atoms with Gasteiger partial charge in [0.15, 0.2) is 5.82 Å². The van der Waals surface area contributed by atoms with Crippen LogP contribution >= 0.6 is 0 Å². The first-order chi connectivity index (χ1) is 12.5. The van der Waals surface area contributed by atoms with Crippen molar-refractivity contribution >= 4 is 22.7 Å². The van der Waals surface area contributed by atoms with Gasteiger partial charge in [-0.15, -0.1) is 0 Å². The number of carbonyl (C=O) groups is 2. The molecule has 2 unspecified atom stereocenters. The Morgan fingerprint density at radius 1 is 1.12 bits per heavy atom. The predicted molar refractivity (Wildman–Crippen MR) is 93.3 cm³/mol. The highest BCUT2D eigenvalue weighted by atomic mass is 19.1. The van der Waals surface area contributed by atoms with E-state index in [1.807, 2.05) is 6.20 Å². The lowest BCUT2D eigenvalue weighted by molar-refractivity contribution is 0.0646. The van der Waals surface area contributed by atoms with Gasteiger partial charge in [0.05, 0.1) is 11.1 Å². The van der Waals surface area contributed by atoms with Gasteiger partial charge >= 0.3 is 0 Å². The Balaban J connectivity index is 1.40. The first kappa shape index (κ1) is 15.3. The summed E-state index contributed by atoms with van der Waals surface area (Å²) in [6, 6.07) is 10.2. The molecule has 2 heterocycles. The molecule has 1 aromatic heterocycles. The van der Waals surface area contributed by atoms with Crippen molar-refractivity contribution in [2.45, 2.75) is 12.3 Å². The highest BCUT2D eigenvalue weighted by Gasteiger charge is 2.45. The highest BCUT2D eigenvalue weighted by molar-refractivity contribution is 6.21. The fraction of sp³-hybridized carbons (Fsp3) is 0.250. The Bertz CT molecular complexity index is 1050. The van der Waals surface area contributed by atoms with E-state index < -0.39 is 0 Å². The SMILES string of the molecule is Cn1cc2c(C3CC3CN3C(=O)c4ccccc4C3=O)ccc(F)c2n1. The van der Waals surface area contributed by atoms with E-state index in [4.69, 9.17) is 0 Å². The van der Waals surface area contributed by atoms with Gasteiger partial charge in [0.2, 0.25) is 0 Å². The predicted octanol–water partition coefficient (Wildman–Crippen LogP) is 3.11. The third-order valence-corrected chi connectivity index (χ3v) is 5.39. The number of aromatic nitrogens is 2. The Labute approximate surface area is 149 Å². The Morgan fingerprint density at radius 3 is 2.50 bits per heavy atom. The first-order valence-corrected chi connectivity index (χ1v) is 8.61. The number of rotatable bonds is 3. The number of aryl methyl sites for hydroxylation is 1. The number of benzene rings is 2. The molecule has 130 valence electrons. The van der Waals surface area contributed by atoms with Crippen LogP contribution in [0.4, 0.5) is 4.39 Å². The van der Waals surface area contributed by atoms with E-state index in [0.29, 0.717) is 23.2 Å². The molecular weight excluding hydrogens is 333 g/mol. The summed E-state index contributed by atoms with van der Waals surface area (Å²) in [5, 5.41) is 4.99. The topological polar surface area (TPSA) is 55.2 Å². The molecule has 0 bridgehead atoms. The van der Waals surface area contributed by atoms with Gasteiger partial charge in [-0.2, -0.15) is 5.10 Å². The van der Waals surface area contributed by atoms with E-state index in [9.17, 15) is 14.0 Å². The molecular formula is C20H16FN3O2. The number of carbonyl (C=O) groups excluding carboxylic acids is 2. The van der Waals surface area contributed by atoms with Gasteiger partial charge in [0.25, 0.3) is 11.8 Å². The second-order valence-electron chi connectivity index (χ2n) is 7.07. The summed E-state index contributed by atoms with van der Waals surface area (Å²) in [5.41, 5.74) is 2.37. The van der Waals surface area contributed by atoms with Crippen molar-refractivity contribution in [3.8, 4) is 0 Å². The lowest BCUT2D eigenvalue weighted by Gasteiger charge is -2.13. The van der Waals surface area contributed by atoms with Crippen LogP contribution < -0.4 is 0 Å². The van der Waals surface area contributed by atoms with E-state index in [-0.39, 0.29) is 29.5 Å². The number of hydrogen-bond acceptors (Lipinski definition) is 3. The minimum Gasteiger partial charge on any atom is -0.274 e. The van der Waals surface area contributed by atoms with Crippen molar-refractivity contribution in [2.75, 3.05) is 6.54 Å². The van der Waals surface area contributed by atoms with Gasteiger partial charge in [-0.3, -0.25) is 19.2 Å². The molecule has 2 amide bonds. The summed E-state index contributed by atoms with van der Waals surface area (Å²) in [5.74, 6) is -0.358. The maximum Gasteiger partial charge on any atom is 0.261 e. The second kappa shape index (κ2) is 5.24. The first-order valence-electron chi connectivity index (χ1n) is 8.61. The fourth-order valence-corrected chi connectivity index (χ4v) is 4.00. The van der Waals surface area contributed by atoms with E-state index >= 15 is 0 Å². The fourth-order valence-electron chi connectivity index (χ4n) is 4.00. The standard InChI is InChI=1S/C20H16FN3O2/c1-23-10-16-12(6-7-17(21)18(16)22-23)15-8-11(15)9-24-19(25)13-4-2-3-5-14(13)20(24)26/h2-7,10-11,15H,8-9H2,1H3. The van der Waals surface area contributed by atoms with Crippen LogP contribution in [0.3, 0.4) is 0 Å². The maximum atomic E-state index is 14.0. The molecule has 5 rings (SSSR count). The van der Waals surface area contributed by atoms with Crippen molar-refractivity contribution in [2.24, 2.45) is 13.0 Å². The average Bonchev–Trinajstić information content (AvgIpc) is 3.21. The average molecular weight is 349 g/mol. The number of fused-ring (bicyclic) bond motifs is 2. The van der Waals surface area contributed by atoms with E-state index in [1.165, 1.54) is 11.0 Å². The van der Waals surface area contributed by atoms with Crippen molar-refractivity contribution in [1.29, 1.82) is 0 Å². The van der Waals surface area contributed by atoms with Crippen molar-refractivity contribution < 1.29 is 14.0 Å². The van der Waals surface area contributed by atoms with E-state index in [0.717, 1.165) is 17.4 Å². The monoisotopic (exact) mass is 349 g/mol. The number of imide groups is 1. The molecule has 26 heavy (non-hydrogen) atoms. The molecule has 3 aromatic rings. The largest absolute Gasteiger partial charge is 0.274 e. The minimum absolute atomic E-state index is 0.200. The number of halogens is 1. The second-order valence-corrected chi connectivity index (χ2v) is 7.07. The molecule has 6 heteroatoms. The summed E-state index contributed by atoms with van der Waals surface area (Å²) in [6.45, 7) is 0.399. The van der Waals surface area contributed by atoms with Crippen LogP contribution in [0.5, 0.6) is 0 Å². The highest BCUT2D eigenvalue weighted by Crippen LogP contribution is 2.50. The lowest BCUT2D eigenvalue weighted by atomic mass is 10.0. The lowest BCUT2D eigenvalue weighted by Crippen LogP contribution is -2.32. The number of nitrogens with zero attached hydrogens (tertiary/aromatic N) is 3. The molecule has 2 atom stereocenters. The number of amides is 2. The summed E-state index contributed by atoms with van der Waals surface area (Å²) in [6.07, 6.45) is 2.70. The van der Waals surface area contributed by atoms with Gasteiger partial charge in [0, 0.05) is 25.2 Å². The van der Waals surface area contributed by atoms with Gasteiger partial charge in [-0.1, -0.05) is 18.2 Å². The van der Waals surface area contributed by atoms with Crippen molar-refractivity contribution in [3.05, 3.63) is 65.1 Å². The zero-order valence-corrected chi connectivity index (χ0v) is 14.1. The molecule has 0 spiro atoms. The molecule has 1 fully saturated rings. The third-order valence-electron chi connectivity index (χ3n) is 5.39. The van der Waals surface area contributed by atoms with E-state index in [1.54, 1.807) is 42.1 Å². The van der Waals surface area contributed by atoms with Crippen molar-refractivity contribution in [3.63, 3.8) is 0 Å². The summed E-state index contributed by atoms with van der Waals surface area (Å²) < 4.78 is 15.6. The Morgan fingerprint density at radius 2 is 1.81 bits per heavy atom. The van der Waals surface area contributed by atoms with Crippen LogP contribution in [0.25, 0.3) is 10.9 Å². The molecule has 5 nitrogen and oxygen atoms in total. The minimum atomic E-state index is -0.332. The van der Waals surface area contributed by atoms with Crippen LogP contribution in [-0.2, 0) is 7.05 Å². The van der Waals surface area contributed by atoms with Gasteiger partial charge < -0.3 is 0 Å². The Kier molecular flexibility index (Phi) is 3.07. The third kappa shape index (κ3) is 2.11.